The monoisotopic (exact) mass is 197 g/mol. The highest BCUT2D eigenvalue weighted by Crippen LogP contribution is 2.31. The summed E-state index contributed by atoms with van der Waals surface area (Å²) in [5.41, 5.74) is 1.86. The van der Waals surface area contributed by atoms with E-state index in [4.69, 9.17) is 0 Å². The quantitative estimate of drug-likeness (QED) is 0.664. The molecule has 70 valence electrons. The fourth-order valence-electron chi connectivity index (χ4n) is 1.67. The van der Waals surface area contributed by atoms with Crippen molar-refractivity contribution in [2.45, 2.75) is 11.7 Å². The van der Waals surface area contributed by atoms with Gasteiger partial charge >= 0.3 is 0 Å². The third-order valence-corrected chi connectivity index (χ3v) is 3.35. The van der Waals surface area contributed by atoms with Gasteiger partial charge in [0.2, 0.25) is 0 Å². The third kappa shape index (κ3) is 1.54. The van der Waals surface area contributed by atoms with Crippen molar-refractivity contribution < 1.29 is 8.42 Å². The molecule has 1 aliphatic rings. The molecule has 1 heterocycles. The first kappa shape index (κ1) is 8.56. The van der Waals surface area contributed by atoms with Crippen molar-refractivity contribution in [2.75, 3.05) is 11.9 Å². The molecular weight excluding hydrogens is 186 g/mol. The van der Waals surface area contributed by atoms with E-state index in [1.54, 1.807) is 0 Å². The predicted molar refractivity (Wildman–Crippen MR) is 52.6 cm³/mol. The van der Waals surface area contributed by atoms with Crippen LogP contribution in [0, 0.1) is 0 Å². The first-order valence-electron chi connectivity index (χ1n) is 4.25. The molecule has 2 rings (SSSR count). The van der Waals surface area contributed by atoms with Crippen molar-refractivity contribution >= 4 is 16.4 Å². The van der Waals surface area contributed by atoms with Gasteiger partial charge in [0.1, 0.15) is 10.7 Å². The van der Waals surface area contributed by atoms with Crippen LogP contribution in [0.15, 0.2) is 24.3 Å². The van der Waals surface area contributed by atoms with Gasteiger partial charge in [0, 0.05) is 12.2 Å². The third-order valence-electron chi connectivity index (χ3n) is 2.31. The Morgan fingerprint density at radius 3 is 2.85 bits per heavy atom. The lowest BCUT2D eigenvalue weighted by Gasteiger charge is -2.22. The zero-order valence-electron chi connectivity index (χ0n) is 7.06. The van der Waals surface area contributed by atoms with Crippen molar-refractivity contribution in [1.82, 2.24) is 0 Å². The van der Waals surface area contributed by atoms with Gasteiger partial charge in [-0.05, 0) is 18.1 Å². The number of rotatable bonds is 1. The summed E-state index contributed by atoms with van der Waals surface area (Å²) < 4.78 is 21.9. The van der Waals surface area contributed by atoms with Crippen LogP contribution >= 0.6 is 0 Å². The van der Waals surface area contributed by atoms with Gasteiger partial charge in [-0.1, -0.05) is 18.2 Å². The summed E-state index contributed by atoms with van der Waals surface area (Å²) in [6.45, 7) is 0.741. The van der Waals surface area contributed by atoms with Crippen LogP contribution in [0.25, 0.3) is 0 Å². The van der Waals surface area contributed by atoms with Gasteiger partial charge in [-0.2, -0.15) is 0 Å². The Hall–Kier alpha value is -1.03. The Balaban J connectivity index is 2.48. The topological polar surface area (TPSA) is 46.2 Å². The molecule has 0 amide bonds. The maximum atomic E-state index is 10.9. The number of hydrogen-bond donors (Lipinski definition) is 2. The molecule has 0 spiro atoms. The molecule has 0 bridgehead atoms. The van der Waals surface area contributed by atoms with Gasteiger partial charge < -0.3 is 5.32 Å². The lowest BCUT2D eigenvalue weighted by molar-refractivity contribution is 0.595. The van der Waals surface area contributed by atoms with Gasteiger partial charge in [-0.15, -0.1) is 0 Å². The van der Waals surface area contributed by atoms with Crippen molar-refractivity contribution in [3.8, 4) is 0 Å². The lowest BCUT2D eigenvalue weighted by Crippen LogP contribution is -2.17. The number of nitrogens with one attached hydrogen (secondary N) is 1. The molecule has 4 heteroatoms. The number of para-hydroxylation sites is 1. The Labute approximate surface area is 78.7 Å². The second-order valence-corrected chi connectivity index (χ2v) is 4.30. The fourth-order valence-corrected chi connectivity index (χ4v) is 2.46. The summed E-state index contributed by atoms with van der Waals surface area (Å²) in [6, 6.07) is 7.57. The molecule has 1 aliphatic heterocycles. The van der Waals surface area contributed by atoms with Crippen molar-refractivity contribution in [3.63, 3.8) is 0 Å². The van der Waals surface area contributed by atoms with Crippen LogP contribution in [0.2, 0.25) is 0 Å². The van der Waals surface area contributed by atoms with E-state index < -0.39 is 10.7 Å². The number of hydrogen-bond acceptors (Lipinski definition) is 3. The molecule has 0 aromatic heterocycles. The molecule has 0 saturated heterocycles. The average Bonchev–Trinajstić information content (AvgIpc) is 2.17. The molecule has 1 aromatic rings. The molecule has 1 atom stereocenters. The first-order valence-corrected chi connectivity index (χ1v) is 5.50. The van der Waals surface area contributed by atoms with Gasteiger partial charge in [-0.3, -0.25) is 0 Å². The first-order chi connectivity index (χ1) is 6.29. The Bertz CT molecular complexity index is 379. The minimum atomic E-state index is -2.35. The van der Waals surface area contributed by atoms with Gasteiger partial charge in [-0.25, -0.2) is 8.42 Å². The molecular formula is C9H11NO2S. The van der Waals surface area contributed by atoms with Gasteiger partial charge in [0.25, 0.3) is 0 Å². The highest BCUT2D eigenvalue weighted by molar-refractivity contribution is 7.72. The van der Waals surface area contributed by atoms with Crippen LogP contribution in [0.4, 0.5) is 5.69 Å². The standard InChI is InChI=1S/C9H11NO2S/c11-13(12)9-5-6-10-8-4-2-1-3-7(8)9/h1-4,9-10,13H,5-6H2. The minimum absolute atomic E-state index is 0.299. The molecule has 0 radical (unpaired) electrons. The summed E-state index contributed by atoms with van der Waals surface area (Å²) in [4.78, 5) is 0. The van der Waals surface area contributed by atoms with Crippen LogP contribution in [-0.2, 0) is 10.7 Å². The molecule has 1 aromatic carbocycles. The maximum absolute atomic E-state index is 10.9. The minimum Gasteiger partial charge on any atom is -0.385 e. The highest BCUT2D eigenvalue weighted by Gasteiger charge is 2.21. The number of anilines is 1. The van der Waals surface area contributed by atoms with E-state index in [1.165, 1.54) is 0 Å². The molecule has 3 nitrogen and oxygen atoms in total. The summed E-state index contributed by atoms with van der Waals surface area (Å²) in [6.07, 6.45) is 0.676. The van der Waals surface area contributed by atoms with E-state index >= 15 is 0 Å². The van der Waals surface area contributed by atoms with E-state index in [1.807, 2.05) is 24.3 Å². The van der Waals surface area contributed by atoms with Crippen molar-refractivity contribution in [1.29, 1.82) is 0 Å². The van der Waals surface area contributed by atoms with E-state index in [-0.39, 0.29) is 5.25 Å². The van der Waals surface area contributed by atoms with Crippen LogP contribution in [-0.4, -0.2) is 15.0 Å². The van der Waals surface area contributed by atoms with Crippen molar-refractivity contribution in [3.05, 3.63) is 29.8 Å². The summed E-state index contributed by atoms with van der Waals surface area (Å²) in [5, 5.41) is 2.88. The molecule has 1 unspecified atom stereocenters. The molecule has 13 heavy (non-hydrogen) atoms. The van der Waals surface area contributed by atoms with E-state index in [0.717, 1.165) is 17.8 Å². The molecule has 1 N–H and O–H groups in total. The summed E-state index contributed by atoms with van der Waals surface area (Å²) >= 11 is 0. The summed E-state index contributed by atoms with van der Waals surface area (Å²) in [7, 11) is -2.35. The average molecular weight is 197 g/mol. The van der Waals surface area contributed by atoms with Crippen LogP contribution < -0.4 is 5.32 Å². The normalized spacial score (nSPS) is 20.8. The van der Waals surface area contributed by atoms with Gasteiger partial charge in [0.15, 0.2) is 0 Å². The second-order valence-electron chi connectivity index (χ2n) is 3.10. The SMILES string of the molecule is O=[SH](=O)C1CCNc2ccccc21. The van der Waals surface area contributed by atoms with Gasteiger partial charge in [0.05, 0.1) is 5.25 Å². The summed E-state index contributed by atoms with van der Waals surface area (Å²) in [5.74, 6) is 0. The van der Waals surface area contributed by atoms with E-state index in [9.17, 15) is 8.42 Å². The molecule has 0 saturated carbocycles. The van der Waals surface area contributed by atoms with Crippen LogP contribution in [0.1, 0.15) is 17.2 Å². The fraction of sp³-hybridized carbons (Fsp3) is 0.333. The second kappa shape index (κ2) is 3.38. The van der Waals surface area contributed by atoms with Crippen LogP contribution in [0.5, 0.6) is 0 Å². The number of fused-ring (bicyclic) bond motifs is 1. The predicted octanol–water partition coefficient (Wildman–Crippen LogP) is 1.15. The van der Waals surface area contributed by atoms with Crippen molar-refractivity contribution in [2.24, 2.45) is 0 Å². The molecule has 0 fully saturated rings. The zero-order valence-corrected chi connectivity index (χ0v) is 7.96. The number of benzene rings is 1. The Morgan fingerprint density at radius 2 is 2.08 bits per heavy atom. The number of thiol groups is 1. The lowest BCUT2D eigenvalue weighted by atomic mass is 10.0. The largest absolute Gasteiger partial charge is 0.385 e. The van der Waals surface area contributed by atoms with E-state index in [2.05, 4.69) is 5.32 Å². The maximum Gasteiger partial charge on any atom is 0.147 e. The zero-order chi connectivity index (χ0) is 9.26. The molecule has 0 aliphatic carbocycles. The Kier molecular flexibility index (Phi) is 2.22. The highest BCUT2D eigenvalue weighted by atomic mass is 32.2. The van der Waals surface area contributed by atoms with Crippen LogP contribution in [0.3, 0.4) is 0 Å². The Morgan fingerprint density at radius 1 is 1.31 bits per heavy atom. The van der Waals surface area contributed by atoms with E-state index in [0.29, 0.717) is 6.42 Å². The smallest absolute Gasteiger partial charge is 0.147 e.